The van der Waals surface area contributed by atoms with E-state index in [1.54, 1.807) is 0 Å². The summed E-state index contributed by atoms with van der Waals surface area (Å²) in [5.74, 6) is 0.914. The van der Waals surface area contributed by atoms with Gasteiger partial charge < -0.3 is 10.1 Å². The molecule has 0 unspecified atom stereocenters. The predicted octanol–water partition coefficient (Wildman–Crippen LogP) is 4.98. The molecule has 0 bridgehead atoms. The van der Waals surface area contributed by atoms with Gasteiger partial charge in [-0.05, 0) is 56.2 Å². The molecule has 2 rings (SSSR count). The number of ether oxygens (including phenoxy) is 1. The van der Waals surface area contributed by atoms with E-state index in [-0.39, 0.29) is 12.1 Å². The molecule has 1 atom stereocenters. The van der Waals surface area contributed by atoms with Gasteiger partial charge in [-0.25, -0.2) is 0 Å². The zero-order valence-electron chi connectivity index (χ0n) is 12.8. The Bertz CT molecular complexity index is 566. The molecule has 2 aromatic rings. The first-order chi connectivity index (χ1) is 10.0. The Hall–Kier alpha value is -1.51. The summed E-state index contributed by atoms with van der Waals surface area (Å²) < 4.78 is 5.64. The Morgan fingerprint density at radius 1 is 1.05 bits per heavy atom. The Morgan fingerprint density at radius 2 is 1.76 bits per heavy atom. The minimum atomic E-state index is 0.205. The Kier molecular flexibility index (Phi) is 5.66. The summed E-state index contributed by atoms with van der Waals surface area (Å²) in [7, 11) is 0. The molecule has 0 spiro atoms. The average molecular weight is 304 g/mol. The molecule has 0 fully saturated rings. The van der Waals surface area contributed by atoms with Gasteiger partial charge in [0, 0.05) is 17.6 Å². The van der Waals surface area contributed by atoms with Gasteiger partial charge in [-0.1, -0.05) is 35.9 Å². The highest BCUT2D eigenvalue weighted by Gasteiger charge is 2.05. The van der Waals surface area contributed by atoms with Gasteiger partial charge in [-0.15, -0.1) is 0 Å². The van der Waals surface area contributed by atoms with E-state index in [0.29, 0.717) is 0 Å². The first kappa shape index (κ1) is 15.9. The van der Waals surface area contributed by atoms with Gasteiger partial charge in [-0.3, -0.25) is 0 Å². The summed E-state index contributed by atoms with van der Waals surface area (Å²) in [6.45, 7) is 7.02. The van der Waals surface area contributed by atoms with Crippen LogP contribution < -0.4 is 10.1 Å². The molecule has 1 N–H and O–H groups in total. The molecular formula is C18H22ClNO. The summed E-state index contributed by atoms with van der Waals surface area (Å²) in [5, 5.41) is 4.28. The number of hydrogen-bond acceptors (Lipinski definition) is 2. The first-order valence-electron chi connectivity index (χ1n) is 7.29. The SMILES string of the molecule is CC(C)Oc1ccc(CN[C@@H](C)c2cccc(Cl)c2)cc1. The van der Waals surface area contributed by atoms with Crippen molar-refractivity contribution in [2.75, 3.05) is 0 Å². The monoisotopic (exact) mass is 303 g/mol. The van der Waals surface area contributed by atoms with Gasteiger partial charge in [0.05, 0.1) is 6.10 Å². The van der Waals surface area contributed by atoms with Crippen LogP contribution in [0.1, 0.15) is 37.9 Å². The third kappa shape index (κ3) is 5.07. The van der Waals surface area contributed by atoms with Crippen LogP contribution in [-0.2, 0) is 6.54 Å². The van der Waals surface area contributed by atoms with E-state index in [9.17, 15) is 0 Å². The molecular weight excluding hydrogens is 282 g/mol. The lowest BCUT2D eigenvalue weighted by molar-refractivity contribution is 0.242. The van der Waals surface area contributed by atoms with Crippen LogP contribution in [0.25, 0.3) is 0 Å². The zero-order chi connectivity index (χ0) is 15.2. The Balaban J connectivity index is 1.90. The maximum atomic E-state index is 6.02. The number of nitrogens with one attached hydrogen (secondary N) is 1. The Morgan fingerprint density at radius 3 is 2.38 bits per heavy atom. The quantitative estimate of drug-likeness (QED) is 0.813. The summed E-state index contributed by atoms with van der Waals surface area (Å²) >= 11 is 6.02. The fourth-order valence-electron chi connectivity index (χ4n) is 2.12. The summed E-state index contributed by atoms with van der Waals surface area (Å²) in [6.07, 6.45) is 0.205. The fourth-order valence-corrected chi connectivity index (χ4v) is 2.32. The van der Waals surface area contributed by atoms with Crippen molar-refractivity contribution >= 4 is 11.6 Å². The highest BCUT2D eigenvalue weighted by Crippen LogP contribution is 2.18. The number of halogens is 1. The van der Waals surface area contributed by atoms with Crippen molar-refractivity contribution in [3.8, 4) is 5.75 Å². The van der Waals surface area contributed by atoms with Gasteiger partial charge in [-0.2, -0.15) is 0 Å². The first-order valence-corrected chi connectivity index (χ1v) is 7.67. The van der Waals surface area contributed by atoms with Crippen LogP contribution >= 0.6 is 11.6 Å². The third-order valence-electron chi connectivity index (χ3n) is 3.26. The highest BCUT2D eigenvalue weighted by atomic mass is 35.5. The molecule has 0 aliphatic carbocycles. The molecule has 0 radical (unpaired) electrons. The molecule has 0 heterocycles. The van der Waals surface area contributed by atoms with Crippen LogP contribution in [0.15, 0.2) is 48.5 Å². The summed E-state index contributed by atoms with van der Waals surface area (Å²) in [5.41, 5.74) is 2.43. The van der Waals surface area contributed by atoms with Crippen molar-refractivity contribution in [3.05, 3.63) is 64.7 Å². The molecule has 0 amide bonds. The molecule has 0 aromatic heterocycles. The second-order valence-corrected chi connectivity index (χ2v) is 5.90. The lowest BCUT2D eigenvalue weighted by atomic mass is 10.1. The van der Waals surface area contributed by atoms with E-state index in [0.717, 1.165) is 17.3 Å². The van der Waals surface area contributed by atoms with Gasteiger partial charge in [0.1, 0.15) is 5.75 Å². The minimum Gasteiger partial charge on any atom is -0.491 e. The van der Waals surface area contributed by atoms with E-state index >= 15 is 0 Å². The summed E-state index contributed by atoms with van der Waals surface area (Å²) in [6, 6.07) is 16.4. The molecule has 0 aliphatic rings. The second kappa shape index (κ2) is 7.48. The van der Waals surface area contributed by atoms with Crippen LogP contribution in [0.2, 0.25) is 5.02 Å². The predicted molar refractivity (Wildman–Crippen MR) is 88.9 cm³/mol. The average Bonchev–Trinajstić information content (AvgIpc) is 2.45. The van der Waals surface area contributed by atoms with E-state index in [1.807, 2.05) is 44.2 Å². The van der Waals surface area contributed by atoms with Gasteiger partial charge in [0.15, 0.2) is 0 Å². The van der Waals surface area contributed by atoms with E-state index in [4.69, 9.17) is 16.3 Å². The van der Waals surface area contributed by atoms with Crippen molar-refractivity contribution in [1.82, 2.24) is 5.32 Å². The standard InChI is InChI=1S/C18H22ClNO/c1-13(2)21-18-9-7-15(8-10-18)12-20-14(3)16-5-4-6-17(19)11-16/h4-11,13-14,20H,12H2,1-3H3/t14-/m0/s1. The topological polar surface area (TPSA) is 21.3 Å². The smallest absolute Gasteiger partial charge is 0.119 e. The molecule has 112 valence electrons. The van der Waals surface area contributed by atoms with Gasteiger partial charge in [0.25, 0.3) is 0 Å². The lowest BCUT2D eigenvalue weighted by Gasteiger charge is -2.15. The van der Waals surface area contributed by atoms with E-state index in [2.05, 4.69) is 30.4 Å². The number of hydrogen-bond donors (Lipinski definition) is 1. The molecule has 2 aromatic carbocycles. The van der Waals surface area contributed by atoms with Crippen LogP contribution in [0.3, 0.4) is 0 Å². The molecule has 0 aliphatic heterocycles. The fraction of sp³-hybridized carbons (Fsp3) is 0.333. The number of rotatable bonds is 6. The van der Waals surface area contributed by atoms with Crippen molar-refractivity contribution in [1.29, 1.82) is 0 Å². The summed E-state index contributed by atoms with van der Waals surface area (Å²) in [4.78, 5) is 0. The maximum Gasteiger partial charge on any atom is 0.119 e. The van der Waals surface area contributed by atoms with Crippen LogP contribution in [0.4, 0.5) is 0 Å². The molecule has 0 saturated carbocycles. The Labute approximate surface area is 132 Å². The third-order valence-corrected chi connectivity index (χ3v) is 3.49. The van der Waals surface area contributed by atoms with Crippen LogP contribution in [0, 0.1) is 0 Å². The normalized spacial score (nSPS) is 12.4. The second-order valence-electron chi connectivity index (χ2n) is 5.47. The van der Waals surface area contributed by atoms with Crippen molar-refractivity contribution < 1.29 is 4.74 Å². The van der Waals surface area contributed by atoms with Crippen LogP contribution in [-0.4, -0.2) is 6.10 Å². The number of benzene rings is 2. The van der Waals surface area contributed by atoms with Crippen molar-refractivity contribution in [2.45, 2.75) is 39.5 Å². The van der Waals surface area contributed by atoms with Crippen molar-refractivity contribution in [3.63, 3.8) is 0 Å². The maximum absolute atomic E-state index is 6.02. The molecule has 21 heavy (non-hydrogen) atoms. The highest BCUT2D eigenvalue weighted by molar-refractivity contribution is 6.30. The largest absolute Gasteiger partial charge is 0.491 e. The van der Waals surface area contributed by atoms with Crippen molar-refractivity contribution in [2.24, 2.45) is 0 Å². The molecule has 0 saturated heterocycles. The molecule has 2 nitrogen and oxygen atoms in total. The molecule has 3 heteroatoms. The van der Waals surface area contributed by atoms with Crippen LogP contribution in [0.5, 0.6) is 5.75 Å². The van der Waals surface area contributed by atoms with Gasteiger partial charge in [0.2, 0.25) is 0 Å². The zero-order valence-corrected chi connectivity index (χ0v) is 13.5. The van der Waals surface area contributed by atoms with Gasteiger partial charge >= 0.3 is 0 Å². The lowest BCUT2D eigenvalue weighted by Crippen LogP contribution is -2.18. The van der Waals surface area contributed by atoms with E-state index in [1.165, 1.54) is 11.1 Å². The minimum absolute atomic E-state index is 0.205. The van der Waals surface area contributed by atoms with E-state index < -0.39 is 0 Å².